The lowest BCUT2D eigenvalue weighted by Gasteiger charge is -2.16. The molecule has 1 aromatic rings. The monoisotopic (exact) mass is 220 g/mol. The molecule has 4 bridgehead atoms. The summed E-state index contributed by atoms with van der Waals surface area (Å²) in [5.41, 5.74) is 9.14. The Morgan fingerprint density at radius 2 is 2.00 bits per heavy atom. The molecule has 3 aliphatic carbocycles. The fourth-order valence-corrected chi connectivity index (χ4v) is 3.47. The van der Waals surface area contributed by atoms with E-state index < -0.39 is 0 Å². The van der Waals surface area contributed by atoms with Gasteiger partial charge in [0.15, 0.2) is 0 Å². The lowest BCUT2D eigenvalue weighted by atomic mass is 9.88. The average Bonchev–Trinajstić information content (AvgIpc) is 2.92. The second-order valence-corrected chi connectivity index (χ2v) is 5.71. The van der Waals surface area contributed by atoms with Gasteiger partial charge in [0.25, 0.3) is 0 Å². The molecule has 3 aliphatic rings. The zero-order valence-electron chi connectivity index (χ0n) is 10.6. The topological polar surface area (TPSA) is 0 Å². The quantitative estimate of drug-likeness (QED) is 0.682. The molecule has 1 aromatic carbocycles. The van der Waals surface area contributed by atoms with Crippen molar-refractivity contribution in [2.75, 3.05) is 0 Å². The van der Waals surface area contributed by atoms with E-state index in [4.69, 9.17) is 0 Å². The van der Waals surface area contributed by atoms with E-state index >= 15 is 0 Å². The van der Waals surface area contributed by atoms with E-state index in [1.54, 1.807) is 22.3 Å². The van der Waals surface area contributed by atoms with Crippen molar-refractivity contribution in [2.45, 2.75) is 27.2 Å². The molecule has 0 saturated carbocycles. The van der Waals surface area contributed by atoms with Crippen LogP contribution in [0.5, 0.6) is 0 Å². The van der Waals surface area contributed by atoms with Gasteiger partial charge < -0.3 is 0 Å². The van der Waals surface area contributed by atoms with Crippen molar-refractivity contribution in [1.82, 2.24) is 0 Å². The summed E-state index contributed by atoms with van der Waals surface area (Å²) in [6.07, 6.45) is 8.15. The number of hydrogen-bond donors (Lipinski definition) is 0. The predicted molar refractivity (Wildman–Crippen MR) is 73.7 cm³/mol. The van der Waals surface area contributed by atoms with Crippen molar-refractivity contribution in [3.05, 3.63) is 45.3 Å². The fourth-order valence-electron chi connectivity index (χ4n) is 3.47. The van der Waals surface area contributed by atoms with E-state index in [0.717, 1.165) is 6.42 Å². The first-order chi connectivity index (χ1) is 8.16. The molecule has 0 N–H and O–H groups in total. The highest BCUT2D eigenvalue weighted by molar-refractivity contribution is 5.94. The highest BCUT2D eigenvalue weighted by atomic mass is 14.3. The zero-order chi connectivity index (χ0) is 11.7. The van der Waals surface area contributed by atoms with Crippen LogP contribution >= 0.6 is 0 Å². The molecule has 0 aliphatic heterocycles. The number of hydrogen-bond acceptors (Lipinski definition) is 0. The maximum atomic E-state index is 2.43. The first kappa shape index (κ1) is 9.47. The second-order valence-electron chi connectivity index (χ2n) is 5.71. The molecular weight excluding hydrogens is 204 g/mol. The van der Waals surface area contributed by atoms with Gasteiger partial charge in [0.2, 0.25) is 0 Å². The van der Waals surface area contributed by atoms with Gasteiger partial charge >= 0.3 is 0 Å². The van der Waals surface area contributed by atoms with Gasteiger partial charge in [-0.25, -0.2) is 0 Å². The Balaban J connectivity index is 2.10. The fraction of sp³-hybridized carbons (Fsp3) is 0.294. The van der Waals surface area contributed by atoms with Gasteiger partial charge in [-0.05, 0) is 69.2 Å². The van der Waals surface area contributed by atoms with Gasteiger partial charge in [0, 0.05) is 0 Å². The first-order valence-electron chi connectivity index (χ1n) is 6.47. The summed E-state index contributed by atoms with van der Waals surface area (Å²) in [4.78, 5) is 0. The Kier molecular flexibility index (Phi) is 1.57. The molecule has 0 spiro atoms. The van der Waals surface area contributed by atoms with E-state index in [0.29, 0.717) is 5.92 Å². The maximum Gasteiger partial charge on any atom is -0.000707 e. The van der Waals surface area contributed by atoms with E-state index in [1.807, 2.05) is 0 Å². The number of benzene rings is 1. The van der Waals surface area contributed by atoms with Gasteiger partial charge in [-0.3, -0.25) is 0 Å². The Morgan fingerprint density at radius 1 is 1.18 bits per heavy atom. The number of fused-ring (bicyclic) bond motifs is 2. The van der Waals surface area contributed by atoms with Crippen LogP contribution in [0.2, 0.25) is 0 Å². The third-order valence-corrected chi connectivity index (χ3v) is 4.35. The van der Waals surface area contributed by atoms with Crippen molar-refractivity contribution in [3.63, 3.8) is 0 Å². The molecule has 0 nitrogen and oxygen atoms in total. The molecule has 0 atom stereocenters. The van der Waals surface area contributed by atoms with Crippen LogP contribution in [0.4, 0.5) is 0 Å². The largest absolute Gasteiger partial charge is 0.0587 e. The predicted octanol–water partition coefficient (Wildman–Crippen LogP) is 2.64. The molecule has 17 heavy (non-hydrogen) atoms. The molecule has 0 fully saturated rings. The van der Waals surface area contributed by atoms with Crippen LogP contribution in [-0.4, -0.2) is 0 Å². The Bertz CT molecular complexity index is 737. The zero-order valence-corrected chi connectivity index (χ0v) is 10.6. The second kappa shape index (κ2) is 2.81. The van der Waals surface area contributed by atoms with Crippen LogP contribution in [0.25, 0.3) is 22.8 Å². The van der Waals surface area contributed by atoms with Crippen molar-refractivity contribution in [3.8, 4) is 0 Å². The lowest BCUT2D eigenvalue weighted by molar-refractivity contribution is 0.853. The average molecular weight is 220 g/mol. The molecule has 0 aromatic heterocycles. The van der Waals surface area contributed by atoms with E-state index in [2.05, 4.69) is 45.1 Å². The minimum atomic E-state index is 0.638. The third-order valence-electron chi connectivity index (χ3n) is 4.35. The van der Waals surface area contributed by atoms with Crippen molar-refractivity contribution in [2.24, 2.45) is 5.92 Å². The van der Waals surface area contributed by atoms with Crippen LogP contribution in [0.15, 0.2) is 18.2 Å². The molecule has 84 valence electrons. The highest BCUT2D eigenvalue weighted by Gasteiger charge is 2.28. The van der Waals surface area contributed by atoms with E-state index in [-0.39, 0.29) is 0 Å². The summed E-state index contributed by atoms with van der Waals surface area (Å²) in [5, 5.41) is 3.01. The van der Waals surface area contributed by atoms with Gasteiger partial charge in [0.05, 0.1) is 0 Å². The minimum absolute atomic E-state index is 0.638. The van der Waals surface area contributed by atoms with Crippen molar-refractivity contribution < 1.29 is 0 Å². The third kappa shape index (κ3) is 0.993. The number of allylic oxidation sites excluding steroid dienone is 4. The van der Waals surface area contributed by atoms with Gasteiger partial charge in [-0.15, -0.1) is 0 Å². The Morgan fingerprint density at radius 3 is 2.76 bits per heavy atom. The van der Waals surface area contributed by atoms with E-state index in [9.17, 15) is 0 Å². The molecule has 0 amide bonds. The molecule has 0 unspecified atom stereocenters. The standard InChI is InChI=1S/C17H16/c1-9(2)13-6-11-7-16-12-5-4-10(3)14(12)8-15(11)17(13)16/h4-6,8-9H,7H2,1-3H3. The van der Waals surface area contributed by atoms with Crippen LogP contribution in [0, 0.1) is 5.92 Å². The van der Waals surface area contributed by atoms with Crippen molar-refractivity contribution in [1.29, 1.82) is 0 Å². The maximum absolute atomic E-state index is 2.43. The van der Waals surface area contributed by atoms with Crippen LogP contribution < -0.4 is 10.4 Å². The first-order valence-corrected chi connectivity index (χ1v) is 6.47. The van der Waals surface area contributed by atoms with Gasteiger partial charge in [-0.2, -0.15) is 0 Å². The normalized spacial score (nSPS) is 18.5. The van der Waals surface area contributed by atoms with Gasteiger partial charge in [-0.1, -0.05) is 32.1 Å². The summed E-state index contributed by atoms with van der Waals surface area (Å²) < 4.78 is 0. The molecule has 0 heterocycles. The summed E-state index contributed by atoms with van der Waals surface area (Å²) in [7, 11) is 0. The molecule has 0 heteroatoms. The Hall–Kier alpha value is -1.56. The molecule has 0 saturated heterocycles. The smallest absolute Gasteiger partial charge is 0.000707 e. The van der Waals surface area contributed by atoms with E-state index in [1.165, 1.54) is 21.6 Å². The summed E-state index contributed by atoms with van der Waals surface area (Å²) in [6.45, 7) is 6.82. The summed E-state index contributed by atoms with van der Waals surface area (Å²) in [5.74, 6) is 0.638. The molecular formula is C17H16. The highest BCUT2D eigenvalue weighted by Crippen LogP contribution is 2.37. The lowest BCUT2D eigenvalue weighted by Crippen LogP contribution is -2.19. The van der Waals surface area contributed by atoms with Crippen LogP contribution in [0.3, 0.4) is 0 Å². The van der Waals surface area contributed by atoms with Crippen LogP contribution in [0.1, 0.15) is 37.5 Å². The number of rotatable bonds is 1. The molecule has 4 rings (SSSR count). The van der Waals surface area contributed by atoms with Gasteiger partial charge in [0.1, 0.15) is 0 Å². The van der Waals surface area contributed by atoms with Crippen molar-refractivity contribution >= 4 is 22.8 Å². The summed E-state index contributed by atoms with van der Waals surface area (Å²) in [6, 6.07) is 2.41. The van der Waals surface area contributed by atoms with Crippen LogP contribution in [-0.2, 0) is 6.42 Å². The minimum Gasteiger partial charge on any atom is -0.0587 e. The SMILES string of the molecule is CC1=CC=c2c1cc1c3c2CC=1C=C3C(C)C. The Labute approximate surface area is 102 Å². The summed E-state index contributed by atoms with van der Waals surface area (Å²) >= 11 is 0. The molecule has 0 radical (unpaired) electrons.